The predicted molar refractivity (Wildman–Crippen MR) is 121 cm³/mol. The first-order valence-corrected chi connectivity index (χ1v) is 11.4. The van der Waals surface area contributed by atoms with Gasteiger partial charge < -0.3 is 10.0 Å². The van der Waals surface area contributed by atoms with Crippen molar-refractivity contribution in [3.63, 3.8) is 0 Å². The van der Waals surface area contributed by atoms with Gasteiger partial charge in [-0.25, -0.2) is 9.07 Å². The van der Waals surface area contributed by atoms with E-state index in [2.05, 4.69) is 36.8 Å². The van der Waals surface area contributed by atoms with Crippen LogP contribution in [0.1, 0.15) is 22.3 Å². The van der Waals surface area contributed by atoms with Crippen LogP contribution in [0.2, 0.25) is 0 Å². The maximum absolute atomic E-state index is 13.3. The molecule has 1 aliphatic heterocycles. The Balaban J connectivity index is 1.37. The molecule has 1 atom stereocenters. The second-order valence-electron chi connectivity index (χ2n) is 7.78. The Bertz CT molecular complexity index is 1140. The molecule has 7 nitrogen and oxygen atoms in total. The van der Waals surface area contributed by atoms with Crippen molar-refractivity contribution in [3.05, 3.63) is 88.1 Å². The highest BCUT2D eigenvalue weighted by atomic mass is 32.1. The van der Waals surface area contributed by atoms with Crippen LogP contribution < -0.4 is 4.90 Å². The first kappa shape index (κ1) is 20.6. The number of nitrogens with zero attached hydrogens (tertiary/aromatic N) is 6. The van der Waals surface area contributed by atoms with Gasteiger partial charge in [0.15, 0.2) is 5.82 Å². The highest BCUT2D eigenvalue weighted by Gasteiger charge is 2.31. The third-order valence-electron chi connectivity index (χ3n) is 5.76. The first-order chi connectivity index (χ1) is 15.7. The number of phenols is 1. The van der Waals surface area contributed by atoms with Gasteiger partial charge in [0.05, 0.1) is 6.54 Å². The smallest absolute Gasteiger partial charge is 0.174 e. The van der Waals surface area contributed by atoms with Crippen LogP contribution in [0, 0.1) is 5.82 Å². The van der Waals surface area contributed by atoms with Crippen LogP contribution in [0.25, 0.3) is 0 Å². The molecule has 0 aliphatic carbocycles. The lowest BCUT2D eigenvalue weighted by atomic mass is 10.1. The summed E-state index contributed by atoms with van der Waals surface area (Å²) in [6.07, 6.45) is 0. The SMILES string of the molecule is Oc1ccc(N2CCN([C@@H](c3cccs3)c3nnnn3Cc3ccc(F)cc3)CC2)cc1. The van der Waals surface area contributed by atoms with Gasteiger partial charge in [-0.1, -0.05) is 18.2 Å². The molecule has 0 spiro atoms. The Hall–Kier alpha value is -3.30. The molecule has 2 aromatic carbocycles. The summed E-state index contributed by atoms with van der Waals surface area (Å²) < 4.78 is 15.1. The zero-order chi connectivity index (χ0) is 21.9. The molecule has 0 saturated carbocycles. The van der Waals surface area contributed by atoms with Gasteiger partial charge >= 0.3 is 0 Å². The molecular weight excluding hydrogens is 427 g/mol. The van der Waals surface area contributed by atoms with Gasteiger partial charge in [-0.15, -0.1) is 16.4 Å². The standard InChI is InChI=1S/C23H23FN6OS/c24-18-5-3-17(4-6-18)16-30-23(25-26-27-30)22(21-2-1-15-32-21)29-13-11-28(12-14-29)19-7-9-20(31)10-8-19/h1-10,15,22,31H,11-14,16H2/t22-/m0/s1. The molecular formula is C23H23FN6OS. The number of thiophene rings is 1. The van der Waals surface area contributed by atoms with Crippen molar-refractivity contribution in [3.8, 4) is 5.75 Å². The summed E-state index contributed by atoms with van der Waals surface area (Å²) in [5.74, 6) is 0.807. The Labute approximate surface area is 189 Å². The van der Waals surface area contributed by atoms with Crippen LogP contribution in [0.5, 0.6) is 5.75 Å². The zero-order valence-electron chi connectivity index (χ0n) is 17.4. The molecule has 5 rings (SSSR count). The maximum Gasteiger partial charge on any atom is 0.174 e. The second-order valence-corrected chi connectivity index (χ2v) is 8.76. The fourth-order valence-corrected chi connectivity index (χ4v) is 4.96. The summed E-state index contributed by atoms with van der Waals surface area (Å²) in [6.45, 7) is 3.93. The summed E-state index contributed by atoms with van der Waals surface area (Å²) in [5, 5.41) is 24.2. The van der Waals surface area contributed by atoms with E-state index in [1.807, 2.05) is 22.9 Å². The quantitative estimate of drug-likeness (QED) is 0.485. The number of benzene rings is 2. The number of anilines is 1. The Morgan fingerprint density at radius 2 is 1.72 bits per heavy atom. The van der Waals surface area contributed by atoms with Gasteiger partial charge in [0.2, 0.25) is 0 Å². The molecule has 0 radical (unpaired) electrons. The lowest BCUT2D eigenvalue weighted by Crippen LogP contribution is -2.48. The molecule has 4 aromatic rings. The van der Waals surface area contributed by atoms with Crippen molar-refractivity contribution in [1.82, 2.24) is 25.1 Å². The van der Waals surface area contributed by atoms with E-state index in [9.17, 15) is 9.50 Å². The normalized spacial score (nSPS) is 15.7. The molecule has 1 saturated heterocycles. The number of piperazine rings is 1. The first-order valence-electron chi connectivity index (χ1n) is 10.5. The molecule has 32 heavy (non-hydrogen) atoms. The summed E-state index contributed by atoms with van der Waals surface area (Å²) in [5.41, 5.74) is 2.05. The predicted octanol–water partition coefficient (Wildman–Crippen LogP) is 3.54. The van der Waals surface area contributed by atoms with Gasteiger partial charge in [0.25, 0.3) is 0 Å². The van der Waals surface area contributed by atoms with Crippen molar-refractivity contribution in [2.45, 2.75) is 12.6 Å². The Morgan fingerprint density at radius 1 is 0.969 bits per heavy atom. The van der Waals surface area contributed by atoms with Gasteiger partial charge in [0.1, 0.15) is 17.6 Å². The molecule has 1 fully saturated rings. The van der Waals surface area contributed by atoms with E-state index in [4.69, 9.17) is 0 Å². The minimum Gasteiger partial charge on any atom is -0.508 e. The Morgan fingerprint density at radius 3 is 2.41 bits per heavy atom. The van der Waals surface area contributed by atoms with E-state index in [0.29, 0.717) is 6.54 Å². The molecule has 164 valence electrons. The number of rotatable bonds is 6. The fourth-order valence-electron chi connectivity index (χ4n) is 4.10. The molecule has 0 amide bonds. The highest BCUT2D eigenvalue weighted by molar-refractivity contribution is 7.10. The van der Waals surface area contributed by atoms with Gasteiger partial charge in [-0.2, -0.15) is 0 Å². The molecule has 9 heteroatoms. The van der Waals surface area contributed by atoms with E-state index in [1.54, 1.807) is 35.6 Å². The van der Waals surface area contributed by atoms with Crippen molar-refractivity contribution >= 4 is 17.0 Å². The average Bonchev–Trinajstić information content (AvgIpc) is 3.50. The molecule has 0 bridgehead atoms. The van der Waals surface area contributed by atoms with Gasteiger partial charge in [-0.3, -0.25) is 4.90 Å². The number of halogens is 1. The van der Waals surface area contributed by atoms with Crippen molar-refractivity contribution in [1.29, 1.82) is 0 Å². The van der Waals surface area contributed by atoms with E-state index in [-0.39, 0.29) is 17.6 Å². The lowest BCUT2D eigenvalue weighted by Gasteiger charge is -2.39. The van der Waals surface area contributed by atoms with Crippen LogP contribution >= 0.6 is 11.3 Å². The van der Waals surface area contributed by atoms with Gasteiger partial charge in [-0.05, 0) is 63.8 Å². The summed E-state index contributed by atoms with van der Waals surface area (Å²) in [6, 6.07) is 17.9. The Kier molecular flexibility index (Phi) is 5.83. The molecule has 2 aromatic heterocycles. The lowest BCUT2D eigenvalue weighted by molar-refractivity contribution is 0.204. The maximum atomic E-state index is 13.3. The van der Waals surface area contributed by atoms with E-state index < -0.39 is 0 Å². The van der Waals surface area contributed by atoms with E-state index >= 15 is 0 Å². The summed E-state index contributed by atoms with van der Waals surface area (Å²) in [4.78, 5) is 5.93. The third kappa shape index (κ3) is 4.35. The molecule has 0 unspecified atom stereocenters. The number of aromatic hydroxyl groups is 1. The minimum atomic E-state index is -0.256. The van der Waals surface area contributed by atoms with Crippen LogP contribution in [-0.4, -0.2) is 56.4 Å². The largest absolute Gasteiger partial charge is 0.508 e. The number of hydrogen-bond acceptors (Lipinski definition) is 7. The minimum absolute atomic E-state index is 0.0487. The van der Waals surface area contributed by atoms with Crippen molar-refractivity contribution in [2.24, 2.45) is 0 Å². The van der Waals surface area contributed by atoms with E-state index in [1.165, 1.54) is 17.0 Å². The van der Waals surface area contributed by atoms with Crippen LogP contribution in [0.15, 0.2) is 66.0 Å². The van der Waals surface area contributed by atoms with Crippen LogP contribution in [0.4, 0.5) is 10.1 Å². The number of aromatic nitrogens is 4. The van der Waals surface area contributed by atoms with Crippen molar-refractivity contribution < 1.29 is 9.50 Å². The highest BCUT2D eigenvalue weighted by Crippen LogP contribution is 2.32. The number of phenolic OH excluding ortho intramolecular Hbond substituents is 1. The monoisotopic (exact) mass is 450 g/mol. The number of tetrazole rings is 1. The van der Waals surface area contributed by atoms with E-state index in [0.717, 1.165) is 43.3 Å². The molecule has 1 aliphatic rings. The van der Waals surface area contributed by atoms with Gasteiger partial charge in [0, 0.05) is 36.7 Å². The zero-order valence-corrected chi connectivity index (χ0v) is 18.2. The fraction of sp³-hybridized carbons (Fsp3) is 0.261. The second kappa shape index (κ2) is 9.05. The average molecular weight is 451 g/mol. The molecule has 1 N–H and O–H groups in total. The van der Waals surface area contributed by atoms with Crippen LogP contribution in [0.3, 0.4) is 0 Å². The third-order valence-corrected chi connectivity index (χ3v) is 6.68. The topological polar surface area (TPSA) is 70.3 Å². The number of hydrogen-bond donors (Lipinski definition) is 1. The van der Waals surface area contributed by atoms with Crippen LogP contribution in [-0.2, 0) is 6.54 Å². The summed E-state index contributed by atoms with van der Waals surface area (Å²) >= 11 is 1.70. The molecule has 3 heterocycles. The van der Waals surface area contributed by atoms with Crippen molar-refractivity contribution in [2.75, 3.05) is 31.1 Å². The summed E-state index contributed by atoms with van der Waals surface area (Å²) in [7, 11) is 0.